The molecule has 0 heterocycles. The number of allylic oxidation sites excluding steroid dienone is 12. The fraction of sp³-hybridized carbons (Fsp3) is 0.720. The minimum atomic E-state index is -4.64. The highest BCUT2D eigenvalue weighted by Gasteiger charge is 2.27. The Morgan fingerprint density at radius 1 is 0.541 bits per heavy atom. The number of aliphatic carboxylic acids is 1. The largest absolute Gasteiger partial charge is 0.480 e. The zero-order valence-corrected chi connectivity index (χ0v) is 39.4. The number of unbranched alkanes of at least 4 members (excludes halogenated alkanes) is 19. The number of hydrogen-bond acceptors (Lipinski definition) is 8. The SMILES string of the molecule is CC/C=C\C/C=C\C/C=C\C/C=C\C/C=C\CCCCOCC(COP(=O)(O)OCC(N)C(=O)O)OC(=O)CCCCCCCCCCC/C=C\CCCCCCCCCC. The second-order valence-electron chi connectivity index (χ2n) is 15.9. The van der Waals surface area contributed by atoms with E-state index in [1.54, 1.807) is 0 Å². The van der Waals surface area contributed by atoms with Crippen molar-refractivity contribution in [1.82, 2.24) is 0 Å². The van der Waals surface area contributed by atoms with Gasteiger partial charge in [0.2, 0.25) is 0 Å². The van der Waals surface area contributed by atoms with E-state index in [4.69, 9.17) is 29.4 Å². The highest BCUT2D eigenvalue weighted by atomic mass is 31.2. The maximum atomic E-state index is 12.7. The van der Waals surface area contributed by atoms with Gasteiger partial charge in [0.05, 0.1) is 19.8 Å². The fourth-order valence-electron chi connectivity index (χ4n) is 6.27. The third-order valence-corrected chi connectivity index (χ3v) is 10.9. The van der Waals surface area contributed by atoms with Crippen molar-refractivity contribution in [1.29, 1.82) is 0 Å². The number of hydrogen-bond donors (Lipinski definition) is 3. The summed E-state index contributed by atoms with van der Waals surface area (Å²) < 4.78 is 33.4. The molecule has 10 nitrogen and oxygen atoms in total. The van der Waals surface area contributed by atoms with Gasteiger partial charge in [0.25, 0.3) is 0 Å². The Morgan fingerprint density at radius 3 is 1.44 bits per heavy atom. The molecule has 0 amide bonds. The molecule has 352 valence electrons. The van der Waals surface area contributed by atoms with Crippen molar-refractivity contribution < 1.29 is 42.7 Å². The first kappa shape index (κ1) is 58.4. The predicted octanol–water partition coefficient (Wildman–Crippen LogP) is 13.8. The van der Waals surface area contributed by atoms with E-state index in [2.05, 4.69) is 86.8 Å². The third-order valence-electron chi connectivity index (χ3n) is 9.97. The standard InChI is InChI=1S/C50H88NO9P/c1-3-5-7-9-11-13-15-17-19-21-23-24-25-26-28-30-32-34-36-38-40-42-49(52)60-47(45-58-61(55,56)59-46-48(51)50(53)54)44-57-43-41-39-37-35-33-31-29-27-22-20-18-16-14-12-10-8-6-4-2/h6,8,12,14,18,20-21,23,27,29,33,35,47-48H,3-5,7,9-11,13,15-17,19,22,24-26,28,30-32,34,36-46,51H2,1-2H3,(H,53,54)(H,55,56)/b8-6-,14-12-,20-18-,23-21-,29-27-,35-33-. The Hall–Kier alpha value is -2.59. The molecule has 0 aromatic carbocycles. The van der Waals surface area contributed by atoms with Crippen LogP contribution in [-0.2, 0) is 32.7 Å². The van der Waals surface area contributed by atoms with E-state index in [0.29, 0.717) is 13.0 Å². The van der Waals surface area contributed by atoms with E-state index >= 15 is 0 Å². The summed E-state index contributed by atoms with van der Waals surface area (Å²) in [6.07, 6.45) is 56.8. The molecule has 0 aromatic rings. The number of carbonyl (C=O) groups is 2. The van der Waals surface area contributed by atoms with Gasteiger partial charge in [0.1, 0.15) is 12.1 Å². The highest BCUT2D eigenvalue weighted by Crippen LogP contribution is 2.43. The van der Waals surface area contributed by atoms with Gasteiger partial charge in [-0.25, -0.2) is 4.57 Å². The van der Waals surface area contributed by atoms with Crippen LogP contribution in [0.4, 0.5) is 0 Å². The lowest BCUT2D eigenvalue weighted by atomic mass is 10.1. The number of nitrogens with two attached hydrogens (primary N) is 1. The van der Waals surface area contributed by atoms with Crippen molar-refractivity contribution in [2.24, 2.45) is 5.73 Å². The second-order valence-corrected chi connectivity index (χ2v) is 17.3. The highest BCUT2D eigenvalue weighted by molar-refractivity contribution is 7.47. The predicted molar refractivity (Wildman–Crippen MR) is 254 cm³/mol. The summed E-state index contributed by atoms with van der Waals surface area (Å²) in [5.41, 5.74) is 5.36. The summed E-state index contributed by atoms with van der Waals surface area (Å²) in [5, 5.41) is 8.91. The van der Waals surface area contributed by atoms with Gasteiger partial charge in [-0.1, -0.05) is 177 Å². The summed E-state index contributed by atoms with van der Waals surface area (Å²) in [5.74, 6) is -1.80. The number of esters is 1. The van der Waals surface area contributed by atoms with Crippen molar-refractivity contribution in [2.75, 3.05) is 26.4 Å². The molecule has 0 spiro atoms. The van der Waals surface area contributed by atoms with Crippen LogP contribution >= 0.6 is 7.82 Å². The average molecular weight is 878 g/mol. The van der Waals surface area contributed by atoms with E-state index in [0.717, 1.165) is 70.6 Å². The number of carboxylic acids is 1. The Kier molecular flexibility index (Phi) is 43.5. The average Bonchev–Trinajstić information content (AvgIpc) is 3.24. The van der Waals surface area contributed by atoms with E-state index in [9.17, 15) is 19.0 Å². The molecule has 11 heteroatoms. The summed E-state index contributed by atoms with van der Waals surface area (Å²) in [7, 11) is -4.64. The van der Waals surface area contributed by atoms with Crippen molar-refractivity contribution in [2.45, 2.75) is 206 Å². The number of phosphoric acid groups is 1. The Morgan fingerprint density at radius 2 is 0.951 bits per heavy atom. The molecule has 0 radical (unpaired) electrons. The zero-order valence-electron chi connectivity index (χ0n) is 38.5. The molecular formula is C50H88NO9P. The lowest BCUT2D eigenvalue weighted by Gasteiger charge is -2.20. The van der Waals surface area contributed by atoms with Gasteiger partial charge in [-0.3, -0.25) is 18.6 Å². The zero-order chi connectivity index (χ0) is 44.8. The summed E-state index contributed by atoms with van der Waals surface area (Å²) in [4.78, 5) is 33.6. The van der Waals surface area contributed by atoms with Crippen LogP contribution in [-0.4, -0.2) is 60.5 Å². The van der Waals surface area contributed by atoms with Crippen molar-refractivity contribution in [3.05, 3.63) is 72.9 Å². The molecule has 0 saturated carbocycles. The molecular weight excluding hydrogens is 790 g/mol. The number of ether oxygens (including phenoxy) is 2. The normalized spacial score (nSPS) is 14.4. The van der Waals surface area contributed by atoms with Crippen LogP contribution in [0.3, 0.4) is 0 Å². The van der Waals surface area contributed by atoms with Gasteiger partial charge in [-0.05, 0) is 83.5 Å². The van der Waals surface area contributed by atoms with Crippen LogP contribution in [0.15, 0.2) is 72.9 Å². The minimum absolute atomic E-state index is 0.0162. The van der Waals surface area contributed by atoms with Crippen LogP contribution in [0.2, 0.25) is 0 Å². The van der Waals surface area contributed by atoms with Crippen LogP contribution in [0, 0.1) is 0 Å². The fourth-order valence-corrected chi connectivity index (χ4v) is 7.05. The second kappa shape index (κ2) is 45.4. The molecule has 0 aliphatic carbocycles. The molecule has 61 heavy (non-hydrogen) atoms. The van der Waals surface area contributed by atoms with Crippen LogP contribution < -0.4 is 5.73 Å². The van der Waals surface area contributed by atoms with E-state index in [-0.39, 0.29) is 13.0 Å². The Labute approximate surface area is 372 Å². The van der Waals surface area contributed by atoms with Crippen LogP contribution in [0.5, 0.6) is 0 Å². The smallest absolute Gasteiger partial charge is 0.472 e. The molecule has 3 unspecified atom stereocenters. The first-order valence-corrected chi connectivity index (χ1v) is 25.5. The molecule has 0 aliphatic rings. The summed E-state index contributed by atoms with van der Waals surface area (Å²) in [6, 6.07) is -1.48. The molecule has 4 N–H and O–H groups in total. The van der Waals surface area contributed by atoms with Crippen molar-refractivity contribution in [3.63, 3.8) is 0 Å². The molecule has 0 fully saturated rings. The number of carboxylic acid groups (broad SMARTS) is 1. The maximum Gasteiger partial charge on any atom is 0.472 e. The molecule has 3 atom stereocenters. The molecule has 0 aliphatic heterocycles. The van der Waals surface area contributed by atoms with Gasteiger partial charge in [-0.2, -0.15) is 0 Å². The van der Waals surface area contributed by atoms with Crippen LogP contribution in [0.1, 0.15) is 194 Å². The Balaban J connectivity index is 4.26. The van der Waals surface area contributed by atoms with Crippen molar-refractivity contribution in [3.8, 4) is 0 Å². The quantitative estimate of drug-likeness (QED) is 0.0233. The Bertz CT molecular complexity index is 1250. The summed E-state index contributed by atoms with van der Waals surface area (Å²) in [6.45, 7) is 3.66. The van der Waals surface area contributed by atoms with E-state index < -0.39 is 45.1 Å². The summed E-state index contributed by atoms with van der Waals surface area (Å²) >= 11 is 0. The number of carbonyl (C=O) groups excluding carboxylic acids is 1. The lowest BCUT2D eigenvalue weighted by Crippen LogP contribution is -2.34. The van der Waals surface area contributed by atoms with Gasteiger partial charge >= 0.3 is 19.8 Å². The minimum Gasteiger partial charge on any atom is -0.480 e. The number of rotatable bonds is 45. The molecule has 0 bridgehead atoms. The topological polar surface area (TPSA) is 155 Å². The monoisotopic (exact) mass is 878 g/mol. The first-order chi connectivity index (χ1) is 29.7. The van der Waals surface area contributed by atoms with Crippen molar-refractivity contribution >= 4 is 19.8 Å². The molecule has 0 rings (SSSR count). The van der Waals surface area contributed by atoms with E-state index in [1.807, 2.05) is 0 Å². The third kappa shape index (κ3) is 45.3. The lowest BCUT2D eigenvalue weighted by molar-refractivity contribution is -0.154. The molecule has 0 aromatic heterocycles. The van der Waals surface area contributed by atoms with E-state index in [1.165, 1.54) is 96.3 Å². The molecule has 0 saturated heterocycles. The van der Waals surface area contributed by atoms with Crippen LogP contribution in [0.25, 0.3) is 0 Å². The van der Waals surface area contributed by atoms with Gasteiger partial charge in [0, 0.05) is 13.0 Å². The first-order valence-electron chi connectivity index (χ1n) is 24.0. The van der Waals surface area contributed by atoms with Gasteiger partial charge in [-0.15, -0.1) is 0 Å². The van der Waals surface area contributed by atoms with Gasteiger partial charge in [0.15, 0.2) is 0 Å². The maximum absolute atomic E-state index is 12.7. The number of phosphoric ester groups is 1. The van der Waals surface area contributed by atoms with Gasteiger partial charge < -0.3 is 25.2 Å².